The molecule has 2 aliphatic rings. The van der Waals surface area contributed by atoms with Gasteiger partial charge in [-0.3, -0.25) is 0 Å². The van der Waals surface area contributed by atoms with E-state index in [1.807, 2.05) is 0 Å². The second kappa shape index (κ2) is 4.82. The second-order valence-corrected chi connectivity index (χ2v) is 4.76. The first-order valence-corrected chi connectivity index (χ1v) is 6.17. The van der Waals surface area contributed by atoms with Crippen molar-refractivity contribution in [1.82, 2.24) is 0 Å². The summed E-state index contributed by atoms with van der Waals surface area (Å²) in [6, 6.07) is 0. The molecule has 0 N–H and O–H groups in total. The maximum atomic E-state index is 5.95. The lowest BCUT2D eigenvalue weighted by molar-refractivity contribution is -0.107. The molecule has 2 saturated heterocycles. The van der Waals surface area contributed by atoms with Gasteiger partial charge in [0, 0.05) is 18.4 Å². The minimum absolute atomic E-state index is 0.256. The van der Waals surface area contributed by atoms with E-state index in [-0.39, 0.29) is 6.10 Å². The number of rotatable bonds is 2. The summed E-state index contributed by atoms with van der Waals surface area (Å²) in [5.41, 5.74) is 0. The van der Waals surface area contributed by atoms with Crippen LogP contribution in [0.4, 0.5) is 0 Å². The van der Waals surface area contributed by atoms with Crippen LogP contribution in [0.5, 0.6) is 0 Å². The van der Waals surface area contributed by atoms with Crippen LogP contribution < -0.4 is 0 Å². The Bertz CT molecular complexity index is 186. The van der Waals surface area contributed by atoms with E-state index in [9.17, 15) is 0 Å². The molecule has 0 saturated carbocycles. The van der Waals surface area contributed by atoms with Crippen LogP contribution >= 0.6 is 11.6 Å². The van der Waals surface area contributed by atoms with Gasteiger partial charge in [0.05, 0.1) is 18.3 Å². The van der Waals surface area contributed by atoms with Gasteiger partial charge in [-0.1, -0.05) is 0 Å². The van der Waals surface area contributed by atoms with Crippen LogP contribution in [-0.4, -0.2) is 30.8 Å². The number of alkyl halides is 1. The maximum Gasteiger partial charge on any atom is 0.0876 e. The zero-order valence-corrected chi connectivity index (χ0v) is 9.50. The third kappa shape index (κ3) is 2.23. The first-order chi connectivity index (χ1) is 6.81. The van der Waals surface area contributed by atoms with Crippen LogP contribution in [0.2, 0.25) is 0 Å². The summed E-state index contributed by atoms with van der Waals surface area (Å²) in [4.78, 5) is 0. The zero-order chi connectivity index (χ0) is 9.97. The van der Waals surface area contributed by atoms with Crippen LogP contribution in [0.1, 0.15) is 32.6 Å². The molecule has 14 heavy (non-hydrogen) atoms. The first kappa shape index (κ1) is 10.7. The Balaban J connectivity index is 1.93. The van der Waals surface area contributed by atoms with Gasteiger partial charge in [0.15, 0.2) is 0 Å². The van der Waals surface area contributed by atoms with E-state index in [2.05, 4.69) is 6.92 Å². The fourth-order valence-electron chi connectivity index (χ4n) is 2.52. The van der Waals surface area contributed by atoms with E-state index in [0.29, 0.717) is 24.0 Å². The molecule has 0 aromatic rings. The molecule has 0 spiro atoms. The lowest BCUT2D eigenvalue weighted by Gasteiger charge is -2.34. The summed E-state index contributed by atoms with van der Waals surface area (Å²) in [5, 5.41) is 0. The standard InChI is InChI=1S/C11H19ClO2/c1-8-4-5-10(14-8)11-9(7-12)3-2-6-13-11/h8-11H,2-7H2,1H3. The van der Waals surface area contributed by atoms with Gasteiger partial charge in [0.2, 0.25) is 0 Å². The van der Waals surface area contributed by atoms with Crippen LogP contribution in [0.3, 0.4) is 0 Å². The van der Waals surface area contributed by atoms with Crippen molar-refractivity contribution in [1.29, 1.82) is 0 Å². The van der Waals surface area contributed by atoms with Crippen LogP contribution in [0.25, 0.3) is 0 Å². The Morgan fingerprint density at radius 2 is 2.14 bits per heavy atom. The molecule has 4 atom stereocenters. The Kier molecular flexibility index (Phi) is 3.69. The average molecular weight is 219 g/mol. The highest BCUT2D eigenvalue weighted by molar-refractivity contribution is 6.18. The van der Waals surface area contributed by atoms with Crippen molar-refractivity contribution in [2.24, 2.45) is 5.92 Å². The summed E-state index contributed by atoms with van der Waals surface area (Å²) in [7, 11) is 0. The van der Waals surface area contributed by atoms with Gasteiger partial charge in [-0.05, 0) is 32.6 Å². The minimum Gasteiger partial charge on any atom is -0.375 e. The lowest BCUT2D eigenvalue weighted by atomic mass is 9.91. The number of hydrogen-bond acceptors (Lipinski definition) is 2. The molecule has 3 heteroatoms. The van der Waals surface area contributed by atoms with E-state index in [1.165, 1.54) is 12.8 Å². The molecular formula is C11H19ClO2. The topological polar surface area (TPSA) is 18.5 Å². The molecule has 0 aromatic heterocycles. The van der Waals surface area contributed by atoms with E-state index in [1.54, 1.807) is 0 Å². The molecular weight excluding hydrogens is 200 g/mol. The van der Waals surface area contributed by atoms with Crippen molar-refractivity contribution >= 4 is 11.6 Å². The molecule has 2 rings (SSSR count). The SMILES string of the molecule is CC1CCC(C2OCCCC2CCl)O1. The molecule has 0 bridgehead atoms. The largest absolute Gasteiger partial charge is 0.375 e. The van der Waals surface area contributed by atoms with Gasteiger partial charge in [-0.15, -0.1) is 11.6 Å². The molecule has 82 valence electrons. The smallest absolute Gasteiger partial charge is 0.0876 e. The Morgan fingerprint density at radius 3 is 2.79 bits per heavy atom. The summed E-state index contributed by atoms with van der Waals surface area (Å²) in [6.45, 7) is 3.02. The quantitative estimate of drug-likeness (QED) is 0.664. The molecule has 0 aromatic carbocycles. The maximum absolute atomic E-state index is 5.95. The van der Waals surface area contributed by atoms with Crippen LogP contribution in [0.15, 0.2) is 0 Å². The predicted octanol–water partition coefficient (Wildman–Crippen LogP) is 2.59. The fraction of sp³-hybridized carbons (Fsp3) is 1.00. The van der Waals surface area contributed by atoms with Crippen molar-refractivity contribution in [3.63, 3.8) is 0 Å². The average Bonchev–Trinajstić information content (AvgIpc) is 2.65. The van der Waals surface area contributed by atoms with Gasteiger partial charge in [0.25, 0.3) is 0 Å². The lowest BCUT2D eigenvalue weighted by Crippen LogP contribution is -2.40. The van der Waals surface area contributed by atoms with Crippen molar-refractivity contribution in [2.45, 2.75) is 50.9 Å². The zero-order valence-electron chi connectivity index (χ0n) is 8.75. The second-order valence-electron chi connectivity index (χ2n) is 4.45. The fourth-order valence-corrected chi connectivity index (χ4v) is 2.85. The van der Waals surface area contributed by atoms with Crippen molar-refractivity contribution in [3.05, 3.63) is 0 Å². The van der Waals surface area contributed by atoms with Crippen molar-refractivity contribution < 1.29 is 9.47 Å². The molecule has 4 unspecified atom stereocenters. The van der Waals surface area contributed by atoms with E-state index in [4.69, 9.17) is 21.1 Å². The van der Waals surface area contributed by atoms with Crippen LogP contribution in [0, 0.1) is 5.92 Å². The molecule has 2 heterocycles. The van der Waals surface area contributed by atoms with E-state index < -0.39 is 0 Å². The van der Waals surface area contributed by atoms with Gasteiger partial charge < -0.3 is 9.47 Å². The molecule has 0 aliphatic carbocycles. The summed E-state index contributed by atoms with van der Waals surface area (Å²) < 4.78 is 11.7. The minimum atomic E-state index is 0.256. The van der Waals surface area contributed by atoms with Gasteiger partial charge in [0.1, 0.15) is 0 Å². The summed E-state index contributed by atoms with van der Waals surface area (Å²) >= 11 is 5.95. The Labute approximate surface area is 90.9 Å². The van der Waals surface area contributed by atoms with Crippen molar-refractivity contribution in [2.75, 3.05) is 12.5 Å². The highest BCUT2D eigenvalue weighted by atomic mass is 35.5. The van der Waals surface area contributed by atoms with Gasteiger partial charge in [-0.25, -0.2) is 0 Å². The molecule has 0 radical (unpaired) electrons. The highest BCUT2D eigenvalue weighted by Crippen LogP contribution is 2.32. The van der Waals surface area contributed by atoms with Gasteiger partial charge >= 0.3 is 0 Å². The van der Waals surface area contributed by atoms with Crippen LogP contribution in [-0.2, 0) is 9.47 Å². The highest BCUT2D eigenvalue weighted by Gasteiger charge is 2.36. The van der Waals surface area contributed by atoms with E-state index >= 15 is 0 Å². The third-order valence-electron chi connectivity index (χ3n) is 3.32. The number of halogens is 1. The number of hydrogen-bond donors (Lipinski definition) is 0. The van der Waals surface area contributed by atoms with E-state index in [0.717, 1.165) is 19.4 Å². The summed E-state index contributed by atoms with van der Waals surface area (Å²) in [5.74, 6) is 1.21. The summed E-state index contributed by atoms with van der Waals surface area (Å²) in [6.07, 6.45) is 5.61. The molecule has 2 nitrogen and oxygen atoms in total. The Morgan fingerprint density at radius 1 is 1.29 bits per heavy atom. The third-order valence-corrected chi connectivity index (χ3v) is 3.72. The normalized spacial score (nSPS) is 44.1. The predicted molar refractivity (Wildman–Crippen MR) is 56.8 cm³/mol. The van der Waals surface area contributed by atoms with Gasteiger partial charge in [-0.2, -0.15) is 0 Å². The first-order valence-electron chi connectivity index (χ1n) is 5.64. The number of ether oxygens (including phenoxy) is 2. The van der Waals surface area contributed by atoms with Crippen molar-refractivity contribution in [3.8, 4) is 0 Å². The Hall–Kier alpha value is 0.210. The molecule has 2 aliphatic heterocycles. The molecule has 0 amide bonds. The molecule has 2 fully saturated rings. The monoisotopic (exact) mass is 218 g/mol.